The van der Waals surface area contributed by atoms with Crippen LogP contribution in [0.4, 0.5) is 0 Å². The number of allylic oxidation sites excluding steroid dienone is 11. The molecule has 0 amide bonds. The van der Waals surface area contributed by atoms with E-state index in [0.717, 1.165) is 64.2 Å². The van der Waals surface area contributed by atoms with Crippen molar-refractivity contribution < 1.29 is 23.8 Å². The molecule has 0 aliphatic rings. The third-order valence-electron chi connectivity index (χ3n) is 8.76. The van der Waals surface area contributed by atoms with E-state index in [4.69, 9.17) is 14.2 Å². The summed E-state index contributed by atoms with van der Waals surface area (Å²) in [5.74, 6) is -0.552. The fourth-order valence-corrected chi connectivity index (χ4v) is 5.56. The zero-order chi connectivity index (χ0) is 37.8. The second-order valence-electron chi connectivity index (χ2n) is 13.9. The summed E-state index contributed by atoms with van der Waals surface area (Å²) in [6, 6.07) is 0. The van der Waals surface area contributed by atoms with Crippen LogP contribution in [-0.2, 0) is 23.8 Å². The second-order valence-corrected chi connectivity index (χ2v) is 13.9. The third-order valence-corrected chi connectivity index (χ3v) is 8.76. The maximum Gasteiger partial charge on any atom is 0.309 e. The first-order valence-electron chi connectivity index (χ1n) is 21.5. The summed E-state index contributed by atoms with van der Waals surface area (Å²) in [4.78, 5) is 25.1. The first-order valence-corrected chi connectivity index (χ1v) is 21.5. The molecule has 0 aliphatic carbocycles. The van der Waals surface area contributed by atoms with Gasteiger partial charge in [0.25, 0.3) is 0 Å². The van der Waals surface area contributed by atoms with Crippen LogP contribution in [0.15, 0.2) is 72.9 Å². The van der Waals surface area contributed by atoms with Crippen molar-refractivity contribution in [3.8, 4) is 0 Å². The minimum absolute atomic E-state index is 0.0277. The molecule has 0 radical (unpaired) electrons. The molecule has 0 saturated heterocycles. The van der Waals surface area contributed by atoms with Crippen molar-refractivity contribution in [2.45, 2.75) is 194 Å². The molecule has 0 aromatic carbocycles. The topological polar surface area (TPSA) is 61.8 Å². The van der Waals surface area contributed by atoms with Gasteiger partial charge in [-0.2, -0.15) is 0 Å². The Kier molecular flexibility index (Phi) is 40.6. The second kappa shape index (κ2) is 42.8. The molecule has 5 heteroatoms. The smallest absolute Gasteiger partial charge is 0.309 e. The van der Waals surface area contributed by atoms with E-state index in [1.165, 1.54) is 89.9 Å². The van der Waals surface area contributed by atoms with Gasteiger partial charge in [0.05, 0.1) is 13.0 Å². The standard InChI is InChI=1S/C47H80O5/c1-4-7-10-13-16-19-21-23-24-25-26-29-31-34-37-40-46(48)51-44-45(52-47(49)41-38-35-32-28-18-15-12-9-6-3)43-50-42-39-36-33-30-27-22-20-17-14-11-8-5-2/h7,10,14,16-17,19,23-24,26,29,34,37,45H,4-6,8-9,11-13,15,18,20-22,25,27-28,30-33,35-36,38-44H2,1-3H3/b10-7-,17-14-,19-16-,24-23-,29-26-,37-34-. The molecule has 1 unspecified atom stereocenters. The molecule has 0 fully saturated rings. The van der Waals surface area contributed by atoms with E-state index in [9.17, 15) is 9.59 Å². The van der Waals surface area contributed by atoms with E-state index >= 15 is 0 Å². The summed E-state index contributed by atoms with van der Waals surface area (Å²) in [7, 11) is 0. The predicted molar refractivity (Wildman–Crippen MR) is 224 cm³/mol. The zero-order valence-electron chi connectivity index (χ0n) is 34.1. The normalized spacial score (nSPS) is 12.9. The van der Waals surface area contributed by atoms with Crippen LogP contribution in [0.3, 0.4) is 0 Å². The van der Waals surface area contributed by atoms with E-state index < -0.39 is 6.10 Å². The monoisotopic (exact) mass is 725 g/mol. The molecule has 0 heterocycles. The Morgan fingerprint density at radius 1 is 0.462 bits per heavy atom. The Balaban J connectivity index is 4.38. The first-order chi connectivity index (χ1) is 25.6. The maximum atomic E-state index is 12.6. The van der Waals surface area contributed by atoms with E-state index in [1.807, 2.05) is 12.2 Å². The van der Waals surface area contributed by atoms with Crippen molar-refractivity contribution in [2.75, 3.05) is 19.8 Å². The Bertz CT molecular complexity index is 957. The molecule has 0 aliphatic heterocycles. The first kappa shape index (κ1) is 49.3. The molecular formula is C47H80O5. The number of carbonyl (C=O) groups excluding carboxylic acids is 2. The number of rotatable bonds is 38. The van der Waals surface area contributed by atoms with Gasteiger partial charge in [-0.15, -0.1) is 0 Å². The number of hydrogen-bond acceptors (Lipinski definition) is 5. The highest BCUT2D eigenvalue weighted by atomic mass is 16.6. The van der Waals surface area contributed by atoms with E-state index in [1.54, 1.807) is 0 Å². The van der Waals surface area contributed by atoms with Crippen molar-refractivity contribution >= 4 is 11.9 Å². The van der Waals surface area contributed by atoms with Gasteiger partial charge >= 0.3 is 11.9 Å². The van der Waals surface area contributed by atoms with Crippen LogP contribution in [0, 0.1) is 0 Å². The van der Waals surface area contributed by atoms with Crippen LogP contribution in [0.1, 0.15) is 188 Å². The summed E-state index contributed by atoms with van der Waals surface area (Å²) in [5, 5.41) is 0. The average molecular weight is 725 g/mol. The van der Waals surface area contributed by atoms with Gasteiger partial charge in [-0.1, -0.05) is 184 Å². The molecular weight excluding hydrogens is 645 g/mol. The van der Waals surface area contributed by atoms with Crippen LogP contribution in [-0.4, -0.2) is 37.9 Å². The van der Waals surface area contributed by atoms with Crippen molar-refractivity contribution in [2.24, 2.45) is 0 Å². The minimum atomic E-state index is -0.575. The SMILES string of the molecule is CC/C=C\C/C=C\C/C=C\C/C=C\C/C=C\CC(=O)OCC(COCCCCCCCC/C=C\CCCC)OC(=O)CCCCCCCCCCC. The average Bonchev–Trinajstić information content (AvgIpc) is 3.14. The number of esters is 2. The fourth-order valence-electron chi connectivity index (χ4n) is 5.56. The van der Waals surface area contributed by atoms with Gasteiger partial charge in [0, 0.05) is 13.0 Å². The van der Waals surface area contributed by atoms with Crippen LogP contribution in [0.5, 0.6) is 0 Å². The summed E-state index contributed by atoms with van der Waals surface area (Å²) in [5.41, 5.74) is 0. The molecule has 1 atom stereocenters. The predicted octanol–water partition coefficient (Wildman–Crippen LogP) is 14.0. The van der Waals surface area contributed by atoms with Gasteiger partial charge < -0.3 is 14.2 Å². The van der Waals surface area contributed by atoms with E-state index in [-0.39, 0.29) is 31.6 Å². The van der Waals surface area contributed by atoms with Gasteiger partial charge in [-0.3, -0.25) is 9.59 Å². The largest absolute Gasteiger partial charge is 0.461 e. The van der Waals surface area contributed by atoms with Gasteiger partial charge in [-0.05, 0) is 64.2 Å². The summed E-state index contributed by atoms with van der Waals surface area (Å²) in [6.07, 6.45) is 53.5. The van der Waals surface area contributed by atoms with Gasteiger partial charge in [-0.25, -0.2) is 0 Å². The van der Waals surface area contributed by atoms with Crippen molar-refractivity contribution in [3.63, 3.8) is 0 Å². The molecule has 0 spiro atoms. The minimum Gasteiger partial charge on any atom is -0.461 e. The lowest BCUT2D eigenvalue weighted by Crippen LogP contribution is -2.30. The van der Waals surface area contributed by atoms with E-state index in [0.29, 0.717) is 13.0 Å². The summed E-state index contributed by atoms with van der Waals surface area (Å²) >= 11 is 0. The highest BCUT2D eigenvalue weighted by Crippen LogP contribution is 2.12. The Morgan fingerprint density at radius 2 is 0.942 bits per heavy atom. The molecule has 0 aromatic heterocycles. The molecule has 298 valence electrons. The molecule has 52 heavy (non-hydrogen) atoms. The highest BCUT2D eigenvalue weighted by molar-refractivity contribution is 5.71. The lowest BCUT2D eigenvalue weighted by Gasteiger charge is -2.18. The molecule has 0 aromatic rings. The maximum absolute atomic E-state index is 12.6. The van der Waals surface area contributed by atoms with E-state index in [2.05, 4.69) is 81.5 Å². The van der Waals surface area contributed by atoms with Gasteiger partial charge in [0.1, 0.15) is 6.61 Å². The van der Waals surface area contributed by atoms with Gasteiger partial charge in [0.15, 0.2) is 6.10 Å². The number of hydrogen-bond donors (Lipinski definition) is 0. The zero-order valence-corrected chi connectivity index (χ0v) is 34.1. The molecule has 0 saturated carbocycles. The number of carbonyl (C=O) groups is 2. The third kappa shape index (κ3) is 40.1. The number of unbranched alkanes of at least 4 members (excludes halogenated alkanes) is 16. The Labute approximate surface area is 321 Å². The molecule has 0 N–H and O–H groups in total. The lowest BCUT2D eigenvalue weighted by atomic mass is 10.1. The molecule has 0 rings (SSSR count). The van der Waals surface area contributed by atoms with Crippen molar-refractivity contribution in [1.29, 1.82) is 0 Å². The Hall–Kier alpha value is -2.66. The highest BCUT2D eigenvalue weighted by Gasteiger charge is 2.17. The lowest BCUT2D eigenvalue weighted by molar-refractivity contribution is -0.162. The molecule has 5 nitrogen and oxygen atoms in total. The molecule has 0 bridgehead atoms. The Morgan fingerprint density at radius 3 is 1.52 bits per heavy atom. The summed E-state index contributed by atoms with van der Waals surface area (Å²) in [6.45, 7) is 7.53. The van der Waals surface area contributed by atoms with Gasteiger partial charge in [0.2, 0.25) is 0 Å². The van der Waals surface area contributed by atoms with Crippen molar-refractivity contribution in [3.05, 3.63) is 72.9 Å². The summed E-state index contributed by atoms with van der Waals surface area (Å²) < 4.78 is 17.1. The van der Waals surface area contributed by atoms with Crippen LogP contribution in [0.25, 0.3) is 0 Å². The quantitative estimate of drug-likeness (QED) is 0.0360. The van der Waals surface area contributed by atoms with Crippen LogP contribution in [0.2, 0.25) is 0 Å². The fraction of sp³-hybridized carbons (Fsp3) is 0.702. The van der Waals surface area contributed by atoms with Crippen LogP contribution >= 0.6 is 0 Å². The van der Waals surface area contributed by atoms with Crippen molar-refractivity contribution in [1.82, 2.24) is 0 Å². The number of ether oxygens (including phenoxy) is 3. The van der Waals surface area contributed by atoms with Crippen LogP contribution < -0.4 is 0 Å².